The van der Waals surface area contributed by atoms with Gasteiger partial charge in [-0.25, -0.2) is 0 Å². The van der Waals surface area contributed by atoms with E-state index in [-0.39, 0.29) is 6.04 Å². The third-order valence-electron chi connectivity index (χ3n) is 1.90. The van der Waals surface area contributed by atoms with Crippen molar-refractivity contribution in [3.63, 3.8) is 0 Å². The summed E-state index contributed by atoms with van der Waals surface area (Å²) >= 11 is 11.6. The summed E-state index contributed by atoms with van der Waals surface area (Å²) < 4.78 is 0. The molecule has 0 saturated heterocycles. The molecule has 14 heavy (non-hydrogen) atoms. The molecule has 0 fully saturated rings. The second kappa shape index (κ2) is 4.65. The van der Waals surface area contributed by atoms with Crippen LogP contribution in [0.2, 0.25) is 10.0 Å². The van der Waals surface area contributed by atoms with Crippen molar-refractivity contribution in [2.24, 2.45) is 0 Å². The Labute approximate surface area is 93.7 Å². The minimum atomic E-state index is -0.287. The first-order valence-electron chi connectivity index (χ1n) is 4.07. The molecule has 0 unspecified atom stereocenters. The van der Waals surface area contributed by atoms with Gasteiger partial charge in [-0.1, -0.05) is 29.3 Å². The number of rotatable bonds is 2. The van der Waals surface area contributed by atoms with Crippen LogP contribution in [0.5, 0.6) is 0 Å². The highest BCUT2D eigenvalue weighted by atomic mass is 35.5. The van der Waals surface area contributed by atoms with Crippen molar-refractivity contribution < 1.29 is 0 Å². The van der Waals surface area contributed by atoms with Crippen LogP contribution in [0.1, 0.15) is 11.6 Å². The Morgan fingerprint density at radius 2 is 1.93 bits per heavy atom. The topological polar surface area (TPSA) is 27.0 Å². The predicted molar refractivity (Wildman–Crippen MR) is 58.5 cm³/mol. The average molecular weight is 229 g/mol. The Kier molecular flexibility index (Phi) is 3.77. The van der Waals surface area contributed by atoms with Gasteiger partial charge < -0.3 is 0 Å². The molecule has 0 aliphatic carbocycles. The highest BCUT2D eigenvalue weighted by molar-refractivity contribution is 6.42. The molecule has 0 heterocycles. The lowest BCUT2D eigenvalue weighted by Crippen LogP contribution is -2.18. The van der Waals surface area contributed by atoms with Crippen LogP contribution in [0.25, 0.3) is 0 Å². The zero-order valence-corrected chi connectivity index (χ0v) is 9.47. The summed E-state index contributed by atoms with van der Waals surface area (Å²) in [5, 5.41) is 9.93. The summed E-state index contributed by atoms with van der Waals surface area (Å²) in [6.07, 6.45) is 0. The average Bonchev–Trinajstić information content (AvgIpc) is 2.11. The van der Waals surface area contributed by atoms with E-state index < -0.39 is 0 Å². The van der Waals surface area contributed by atoms with Crippen LogP contribution in [0.3, 0.4) is 0 Å². The number of halogens is 2. The molecule has 0 aliphatic rings. The van der Waals surface area contributed by atoms with Gasteiger partial charge >= 0.3 is 0 Å². The summed E-state index contributed by atoms with van der Waals surface area (Å²) in [5.41, 5.74) is 0.854. The minimum absolute atomic E-state index is 0.287. The first-order valence-corrected chi connectivity index (χ1v) is 4.83. The third kappa shape index (κ3) is 2.39. The summed E-state index contributed by atoms with van der Waals surface area (Å²) in [6, 6.07) is 7.13. The molecule has 1 aromatic carbocycles. The SMILES string of the molecule is CN(C)[C@@H](C#N)c1ccc(Cl)c(Cl)c1. The molecule has 1 rings (SSSR count). The number of benzene rings is 1. The molecule has 0 aliphatic heterocycles. The normalized spacial score (nSPS) is 12.6. The summed E-state index contributed by atoms with van der Waals surface area (Å²) in [4.78, 5) is 1.82. The molecule has 4 heteroatoms. The van der Waals surface area contributed by atoms with Crippen molar-refractivity contribution in [3.05, 3.63) is 33.8 Å². The van der Waals surface area contributed by atoms with Crippen molar-refractivity contribution in [2.75, 3.05) is 14.1 Å². The predicted octanol–water partition coefficient (Wildman–Crippen LogP) is 3.12. The smallest absolute Gasteiger partial charge is 0.123 e. The molecule has 74 valence electrons. The highest BCUT2D eigenvalue weighted by Crippen LogP contribution is 2.26. The molecule has 0 N–H and O–H groups in total. The zero-order chi connectivity index (χ0) is 10.7. The van der Waals surface area contributed by atoms with Crippen LogP contribution in [0, 0.1) is 11.3 Å². The van der Waals surface area contributed by atoms with Crippen molar-refractivity contribution in [1.82, 2.24) is 4.90 Å². The summed E-state index contributed by atoms with van der Waals surface area (Å²) in [6.45, 7) is 0. The van der Waals surface area contributed by atoms with Gasteiger partial charge in [-0.15, -0.1) is 0 Å². The molecule has 1 aromatic rings. The fourth-order valence-corrected chi connectivity index (χ4v) is 1.48. The molecule has 0 bridgehead atoms. The molecule has 0 aromatic heterocycles. The van der Waals surface area contributed by atoms with E-state index in [0.29, 0.717) is 10.0 Å². The van der Waals surface area contributed by atoms with Gasteiger partial charge in [0.15, 0.2) is 0 Å². The van der Waals surface area contributed by atoms with E-state index in [1.165, 1.54) is 0 Å². The Morgan fingerprint density at radius 3 is 2.36 bits per heavy atom. The fraction of sp³-hybridized carbons (Fsp3) is 0.300. The van der Waals surface area contributed by atoms with E-state index in [4.69, 9.17) is 28.5 Å². The Bertz CT molecular complexity index is 369. The van der Waals surface area contributed by atoms with Gasteiger partial charge in [-0.2, -0.15) is 5.26 Å². The summed E-state index contributed by atoms with van der Waals surface area (Å²) in [7, 11) is 3.69. The van der Waals surface area contributed by atoms with Gasteiger partial charge in [0.1, 0.15) is 6.04 Å². The Morgan fingerprint density at radius 1 is 1.29 bits per heavy atom. The molecule has 0 saturated carbocycles. The van der Waals surface area contributed by atoms with Crippen LogP contribution in [-0.4, -0.2) is 19.0 Å². The van der Waals surface area contributed by atoms with Gasteiger partial charge in [0.25, 0.3) is 0 Å². The number of nitrogens with zero attached hydrogens (tertiary/aromatic N) is 2. The standard InChI is InChI=1S/C10H10Cl2N2/c1-14(2)10(6-13)7-3-4-8(11)9(12)5-7/h3-5,10H,1-2H3/t10-/m0/s1. The van der Waals surface area contributed by atoms with Crippen molar-refractivity contribution in [1.29, 1.82) is 5.26 Å². The number of hydrogen-bond donors (Lipinski definition) is 0. The maximum Gasteiger partial charge on any atom is 0.123 e. The van der Waals surface area contributed by atoms with E-state index >= 15 is 0 Å². The fourth-order valence-electron chi connectivity index (χ4n) is 1.17. The number of hydrogen-bond acceptors (Lipinski definition) is 2. The Hall–Kier alpha value is -0.750. The van der Waals surface area contributed by atoms with Gasteiger partial charge in [0.2, 0.25) is 0 Å². The Balaban J connectivity index is 3.08. The maximum absolute atomic E-state index is 8.94. The first-order chi connectivity index (χ1) is 6.56. The quantitative estimate of drug-likeness (QED) is 0.778. The molecule has 0 amide bonds. The van der Waals surface area contributed by atoms with Crippen LogP contribution in [0.15, 0.2) is 18.2 Å². The third-order valence-corrected chi connectivity index (χ3v) is 2.64. The molecule has 1 atom stereocenters. The molecule has 2 nitrogen and oxygen atoms in total. The van der Waals surface area contributed by atoms with Gasteiger partial charge in [-0.3, -0.25) is 4.90 Å². The van der Waals surface area contributed by atoms with Crippen LogP contribution < -0.4 is 0 Å². The maximum atomic E-state index is 8.94. The molecule has 0 radical (unpaired) electrons. The second-order valence-corrected chi connectivity index (χ2v) is 3.98. The van der Waals surface area contributed by atoms with E-state index in [1.54, 1.807) is 12.1 Å². The van der Waals surface area contributed by atoms with E-state index in [9.17, 15) is 0 Å². The van der Waals surface area contributed by atoms with Crippen LogP contribution >= 0.6 is 23.2 Å². The van der Waals surface area contributed by atoms with E-state index in [1.807, 2.05) is 25.1 Å². The van der Waals surface area contributed by atoms with E-state index in [2.05, 4.69) is 6.07 Å². The lowest BCUT2D eigenvalue weighted by atomic mass is 10.1. The molecular weight excluding hydrogens is 219 g/mol. The molecular formula is C10H10Cl2N2. The van der Waals surface area contributed by atoms with E-state index in [0.717, 1.165) is 5.56 Å². The second-order valence-electron chi connectivity index (χ2n) is 3.17. The van der Waals surface area contributed by atoms with Gasteiger partial charge in [-0.05, 0) is 31.8 Å². The lowest BCUT2D eigenvalue weighted by Gasteiger charge is -2.17. The van der Waals surface area contributed by atoms with Crippen molar-refractivity contribution >= 4 is 23.2 Å². The van der Waals surface area contributed by atoms with Crippen molar-refractivity contribution in [3.8, 4) is 6.07 Å². The monoisotopic (exact) mass is 228 g/mol. The van der Waals surface area contributed by atoms with Gasteiger partial charge in [0.05, 0.1) is 16.1 Å². The zero-order valence-electron chi connectivity index (χ0n) is 7.96. The first kappa shape index (κ1) is 11.3. The summed E-state index contributed by atoms with van der Waals surface area (Å²) in [5.74, 6) is 0. The van der Waals surface area contributed by atoms with Crippen LogP contribution in [0.4, 0.5) is 0 Å². The largest absolute Gasteiger partial charge is 0.291 e. The van der Waals surface area contributed by atoms with Crippen LogP contribution in [-0.2, 0) is 0 Å². The molecule has 0 spiro atoms. The number of nitriles is 1. The lowest BCUT2D eigenvalue weighted by molar-refractivity contribution is 0.358. The van der Waals surface area contributed by atoms with Gasteiger partial charge in [0, 0.05) is 0 Å². The minimum Gasteiger partial charge on any atom is -0.291 e. The van der Waals surface area contributed by atoms with Crippen molar-refractivity contribution in [2.45, 2.75) is 6.04 Å². The highest BCUT2D eigenvalue weighted by Gasteiger charge is 2.13.